The third-order valence-electron chi connectivity index (χ3n) is 6.41. The standard InChI is InChI=1S/C28H22O2/c1-15-7-5-9-22-18(4)21(12-11-20(15)22)19-13-17(3)26-24(14-19)28(30)25-16(2)8-6-10-23(25)27(26)29/h5-14H,1-4H3. The lowest BCUT2D eigenvalue weighted by atomic mass is 9.79. The van der Waals surface area contributed by atoms with Crippen molar-refractivity contribution in [2.75, 3.05) is 0 Å². The molecule has 4 aromatic rings. The van der Waals surface area contributed by atoms with E-state index in [9.17, 15) is 9.59 Å². The van der Waals surface area contributed by atoms with E-state index in [4.69, 9.17) is 0 Å². The number of rotatable bonds is 1. The lowest BCUT2D eigenvalue weighted by Crippen LogP contribution is -2.23. The van der Waals surface area contributed by atoms with Crippen LogP contribution in [0.4, 0.5) is 0 Å². The Labute approximate surface area is 176 Å². The fourth-order valence-electron chi connectivity index (χ4n) is 4.83. The molecule has 0 bridgehead atoms. The molecule has 2 heteroatoms. The van der Waals surface area contributed by atoms with Gasteiger partial charge in [-0.1, -0.05) is 54.6 Å². The Morgan fingerprint density at radius 2 is 1.20 bits per heavy atom. The molecule has 0 heterocycles. The average molecular weight is 390 g/mol. The molecule has 1 aliphatic carbocycles. The van der Waals surface area contributed by atoms with E-state index >= 15 is 0 Å². The number of ketones is 2. The van der Waals surface area contributed by atoms with Crippen molar-refractivity contribution >= 4 is 22.3 Å². The summed E-state index contributed by atoms with van der Waals surface area (Å²) in [6, 6.07) is 20.0. The molecule has 30 heavy (non-hydrogen) atoms. The first-order valence-corrected chi connectivity index (χ1v) is 10.2. The van der Waals surface area contributed by atoms with Crippen LogP contribution in [0.1, 0.15) is 54.1 Å². The molecule has 0 spiro atoms. The van der Waals surface area contributed by atoms with Crippen LogP contribution in [0.3, 0.4) is 0 Å². The molecular weight excluding hydrogens is 368 g/mol. The molecule has 2 nitrogen and oxygen atoms in total. The van der Waals surface area contributed by atoms with Gasteiger partial charge in [-0.25, -0.2) is 0 Å². The van der Waals surface area contributed by atoms with E-state index in [1.54, 1.807) is 6.07 Å². The van der Waals surface area contributed by atoms with Crippen LogP contribution in [0.2, 0.25) is 0 Å². The van der Waals surface area contributed by atoms with Gasteiger partial charge in [0.15, 0.2) is 11.6 Å². The summed E-state index contributed by atoms with van der Waals surface area (Å²) in [5, 5.41) is 2.45. The van der Waals surface area contributed by atoms with Crippen LogP contribution in [0.5, 0.6) is 0 Å². The molecule has 146 valence electrons. The highest BCUT2D eigenvalue weighted by atomic mass is 16.1. The summed E-state index contributed by atoms with van der Waals surface area (Å²) >= 11 is 0. The molecule has 1 aliphatic rings. The van der Waals surface area contributed by atoms with Crippen LogP contribution >= 0.6 is 0 Å². The topological polar surface area (TPSA) is 34.1 Å². The Morgan fingerprint density at radius 1 is 0.533 bits per heavy atom. The number of benzene rings is 4. The molecule has 0 amide bonds. The molecule has 0 aliphatic heterocycles. The maximum atomic E-state index is 13.4. The van der Waals surface area contributed by atoms with Crippen molar-refractivity contribution in [2.45, 2.75) is 27.7 Å². The predicted octanol–water partition coefficient (Wildman–Crippen LogP) is 6.52. The van der Waals surface area contributed by atoms with Gasteiger partial charge < -0.3 is 0 Å². The lowest BCUT2D eigenvalue weighted by molar-refractivity contribution is 0.0978. The van der Waals surface area contributed by atoms with E-state index in [0.717, 1.165) is 22.3 Å². The van der Waals surface area contributed by atoms with Crippen molar-refractivity contribution in [1.82, 2.24) is 0 Å². The zero-order valence-corrected chi connectivity index (χ0v) is 17.6. The van der Waals surface area contributed by atoms with E-state index in [-0.39, 0.29) is 11.6 Å². The van der Waals surface area contributed by atoms with E-state index in [0.29, 0.717) is 22.3 Å². The van der Waals surface area contributed by atoms with Crippen molar-refractivity contribution < 1.29 is 9.59 Å². The van der Waals surface area contributed by atoms with Crippen LogP contribution in [0.25, 0.3) is 21.9 Å². The highest BCUT2D eigenvalue weighted by Crippen LogP contribution is 2.37. The van der Waals surface area contributed by atoms with Crippen molar-refractivity contribution in [2.24, 2.45) is 0 Å². The summed E-state index contributed by atoms with van der Waals surface area (Å²) in [4.78, 5) is 26.6. The number of fused-ring (bicyclic) bond motifs is 3. The number of carbonyl (C=O) groups excluding carboxylic acids is 2. The van der Waals surface area contributed by atoms with Gasteiger partial charge in [0.1, 0.15) is 0 Å². The molecule has 4 aromatic carbocycles. The average Bonchev–Trinajstić information content (AvgIpc) is 2.72. The van der Waals surface area contributed by atoms with Gasteiger partial charge in [0, 0.05) is 22.3 Å². The van der Waals surface area contributed by atoms with Gasteiger partial charge in [0.2, 0.25) is 0 Å². The van der Waals surface area contributed by atoms with Gasteiger partial charge in [0.25, 0.3) is 0 Å². The van der Waals surface area contributed by atoms with Crippen LogP contribution in [0, 0.1) is 27.7 Å². The quantitative estimate of drug-likeness (QED) is 0.327. The first-order chi connectivity index (χ1) is 14.4. The number of aryl methyl sites for hydroxylation is 4. The first kappa shape index (κ1) is 18.5. The summed E-state index contributed by atoms with van der Waals surface area (Å²) in [5.41, 5.74) is 8.29. The smallest absolute Gasteiger partial charge is 0.194 e. The SMILES string of the molecule is Cc1cccc2c1C(=O)c1cc(-c3ccc4c(C)cccc4c3C)cc(C)c1C2=O. The molecule has 0 saturated heterocycles. The minimum absolute atomic E-state index is 0.0572. The number of carbonyl (C=O) groups is 2. The second kappa shape index (κ2) is 6.50. The lowest BCUT2D eigenvalue weighted by Gasteiger charge is -2.22. The first-order valence-electron chi connectivity index (χ1n) is 10.2. The molecular formula is C28H22O2. The Hall–Kier alpha value is -3.52. The summed E-state index contributed by atoms with van der Waals surface area (Å²) in [7, 11) is 0. The monoisotopic (exact) mass is 390 g/mol. The Balaban J connectivity index is 1.76. The van der Waals surface area contributed by atoms with Crippen LogP contribution < -0.4 is 0 Å². The van der Waals surface area contributed by atoms with Crippen LogP contribution in [-0.2, 0) is 0 Å². The minimum atomic E-state index is -0.0584. The van der Waals surface area contributed by atoms with Gasteiger partial charge >= 0.3 is 0 Å². The fourth-order valence-corrected chi connectivity index (χ4v) is 4.83. The Morgan fingerprint density at radius 3 is 2.00 bits per heavy atom. The summed E-state index contributed by atoms with van der Waals surface area (Å²) < 4.78 is 0. The maximum absolute atomic E-state index is 13.4. The highest BCUT2D eigenvalue weighted by molar-refractivity contribution is 6.29. The predicted molar refractivity (Wildman–Crippen MR) is 122 cm³/mol. The zero-order valence-electron chi connectivity index (χ0n) is 17.6. The van der Waals surface area contributed by atoms with Crippen LogP contribution in [-0.4, -0.2) is 11.6 Å². The molecule has 0 aromatic heterocycles. The van der Waals surface area contributed by atoms with Gasteiger partial charge in [-0.05, 0) is 77.9 Å². The summed E-state index contributed by atoms with van der Waals surface area (Å²) in [6.45, 7) is 8.06. The van der Waals surface area contributed by atoms with Crippen molar-refractivity contribution in [3.8, 4) is 11.1 Å². The van der Waals surface area contributed by atoms with E-state index in [1.807, 2.05) is 38.1 Å². The van der Waals surface area contributed by atoms with Gasteiger partial charge in [-0.15, -0.1) is 0 Å². The summed E-state index contributed by atoms with van der Waals surface area (Å²) in [5.74, 6) is -0.116. The fraction of sp³-hybridized carbons (Fsp3) is 0.143. The van der Waals surface area contributed by atoms with Crippen molar-refractivity contribution in [3.63, 3.8) is 0 Å². The maximum Gasteiger partial charge on any atom is 0.194 e. The third-order valence-corrected chi connectivity index (χ3v) is 6.41. The van der Waals surface area contributed by atoms with Crippen molar-refractivity contribution in [3.05, 3.63) is 105 Å². The summed E-state index contributed by atoms with van der Waals surface area (Å²) in [6.07, 6.45) is 0. The van der Waals surface area contributed by atoms with E-state index in [2.05, 4.69) is 44.2 Å². The molecule has 0 atom stereocenters. The van der Waals surface area contributed by atoms with Crippen LogP contribution in [0.15, 0.2) is 60.7 Å². The zero-order chi connectivity index (χ0) is 21.2. The highest BCUT2D eigenvalue weighted by Gasteiger charge is 2.32. The third kappa shape index (κ3) is 2.50. The Kier molecular flexibility index (Phi) is 4.01. The molecule has 0 N–H and O–H groups in total. The molecule has 0 saturated carbocycles. The van der Waals surface area contributed by atoms with Gasteiger partial charge in [-0.3, -0.25) is 9.59 Å². The van der Waals surface area contributed by atoms with E-state index < -0.39 is 0 Å². The van der Waals surface area contributed by atoms with E-state index in [1.165, 1.54) is 21.9 Å². The molecule has 0 fully saturated rings. The second-order valence-corrected chi connectivity index (χ2v) is 8.28. The van der Waals surface area contributed by atoms with Gasteiger partial charge in [-0.2, -0.15) is 0 Å². The van der Waals surface area contributed by atoms with Gasteiger partial charge in [0.05, 0.1) is 0 Å². The number of hydrogen-bond acceptors (Lipinski definition) is 2. The normalized spacial score (nSPS) is 12.8. The second-order valence-electron chi connectivity index (χ2n) is 8.28. The largest absolute Gasteiger partial charge is 0.289 e. The Bertz CT molecular complexity index is 1410. The molecule has 5 rings (SSSR count). The molecule has 0 unspecified atom stereocenters. The number of hydrogen-bond donors (Lipinski definition) is 0. The molecule has 0 radical (unpaired) electrons. The minimum Gasteiger partial charge on any atom is -0.289 e. The van der Waals surface area contributed by atoms with Crippen molar-refractivity contribution in [1.29, 1.82) is 0 Å².